The molecule has 1 aromatic rings. The van der Waals surface area contributed by atoms with Gasteiger partial charge in [0.25, 0.3) is 0 Å². The van der Waals surface area contributed by atoms with Crippen LogP contribution in [0.25, 0.3) is 0 Å². The van der Waals surface area contributed by atoms with Crippen LogP contribution in [-0.2, 0) is 23.2 Å². The second-order valence-electron chi connectivity index (χ2n) is 7.31. The Balaban J connectivity index is 1.70. The predicted octanol–water partition coefficient (Wildman–Crippen LogP) is 1.13. The normalized spacial score (nSPS) is 23.4. The van der Waals surface area contributed by atoms with Gasteiger partial charge in [-0.3, -0.25) is 19.3 Å². The van der Waals surface area contributed by atoms with E-state index in [-0.39, 0.29) is 18.1 Å². The number of Topliss-reactive ketones (excluding diaryl/α,β-unsaturated/α-hetero) is 1. The highest BCUT2D eigenvalue weighted by Crippen LogP contribution is 2.43. The van der Waals surface area contributed by atoms with Crippen LogP contribution in [0.15, 0.2) is 12.3 Å². The lowest BCUT2D eigenvalue weighted by Crippen LogP contribution is -2.56. The van der Waals surface area contributed by atoms with Gasteiger partial charge in [-0.2, -0.15) is 0 Å². The van der Waals surface area contributed by atoms with Crippen molar-refractivity contribution in [2.24, 2.45) is 13.0 Å². The van der Waals surface area contributed by atoms with Gasteiger partial charge in [0.2, 0.25) is 5.91 Å². The van der Waals surface area contributed by atoms with Gasteiger partial charge in [0.1, 0.15) is 0 Å². The van der Waals surface area contributed by atoms with E-state index < -0.39 is 17.4 Å². The van der Waals surface area contributed by atoms with Crippen LogP contribution in [0.1, 0.15) is 42.2 Å². The second kappa shape index (κ2) is 6.29. The van der Waals surface area contributed by atoms with Crippen molar-refractivity contribution < 1.29 is 19.5 Å². The Morgan fingerprint density at radius 2 is 1.92 bits per heavy atom. The van der Waals surface area contributed by atoms with Crippen molar-refractivity contribution in [2.75, 3.05) is 20.1 Å². The number of aromatic nitrogens is 1. The molecule has 7 heteroatoms. The molecule has 1 amide bonds. The molecule has 1 spiro atoms. The molecule has 0 saturated carbocycles. The van der Waals surface area contributed by atoms with Gasteiger partial charge < -0.3 is 14.6 Å². The van der Waals surface area contributed by atoms with Crippen LogP contribution in [0.3, 0.4) is 0 Å². The zero-order valence-corrected chi connectivity index (χ0v) is 15.0. The summed E-state index contributed by atoms with van der Waals surface area (Å²) in [6.45, 7) is 3.75. The van der Waals surface area contributed by atoms with Gasteiger partial charge in [0, 0.05) is 57.6 Å². The number of carbonyl (C=O) groups excluding carboxylic acids is 2. The lowest BCUT2D eigenvalue weighted by atomic mass is 9.77. The minimum atomic E-state index is -0.875. The third-order valence-electron chi connectivity index (χ3n) is 5.99. The molecule has 1 atom stereocenters. The zero-order valence-electron chi connectivity index (χ0n) is 15.0. The van der Waals surface area contributed by atoms with E-state index >= 15 is 0 Å². The van der Waals surface area contributed by atoms with Gasteiger partial charge in [-0.15, -0.1) is 0 Å². The van der Waals surface area contributed by atoms with Crippen molar-refractivity contribution in [3.05, 3.63) is 23.5 Å². The largest absolute Gasteiger partial charge is 0.481 e. The van der Waals surface area contributed by atoms with E-state index in [1.165, 1.54) is 0 Å². The molecule has 0 aromatic carbocycles. The Bertz CT molecular complexity index is 716. The van der Waals surface area contributed by atoms with Crippen LogP contribution < -0.4 is 0 Å². The molecular weight excluding hydrogens is 322 g/mol. The molecule has 2 aliphatic heterocycles. The minimum Gasteiger partial charge on any atom is -0.481 e. The summed E-state index contributed by atoms with van der Waals surface area (Å²) in [5, 5.41) is 9.53. The van der Waals surface area contributed by atoms with Crippen molar-refractivity contribution in [1.29, 1.82) is 0 Å². The Kier molecular flexibility index (Phi) is 4.45. The Hall–Kier alpha value is -2.15. The number of aliphatic carboxylic acids is 1. The Labute approximate surface area is 147 Å². The Morgan fingerprint density at radius 1 is 1.28 bits per heavy atom. The van der Waals surface area contributed by atoms with Crippen molar-refractivity contribution >= 4 is 17.7 Å². The first-order valence-electron chi connectivity index (χ1n) is 8.62. The molecular formula is C18H25N3O4. The maximum Gasteiger partial charge on any atom is 0.309 e. The molecule has 25 heavy (non-hydrogen) atoms. The zero-order chi connectivity index (χ0) is 18.4. The molecule has 2 saturated heterocycles. The van der Waals surface area contributed by atoms with Crippen molar-refractivity contribution in [3.63, 3.8) is 0 Å². The third kappa shape index (κ3) is 2.97. The number of hydrogen-bond donors (Lipinski definition) is 1. The highest BCUT2D eigenvalue weighted by Gasteiger charge is 2.55. The summed E-state index contributed by atoms with van der Waals surface area (Å²) in [7, 11) is 3.66. The fourth-order valence-corrected chi connectivity index (χ4v) is 4.27. The van der Waals surface area contributed by atoms with E-state index in [0.29, 0.717) is 18.4 Å². The molecule has 2 aliphatic rings. The molecule has 1 N–H and O–H groups in total. The topological polar surface area (TPSA) is 82.8 Å². The number of nitrogens with zero attached hydrogens (tertiary/aromatic N) is 3. The first-order valence-corrected chi connectivity index (χ1v) is 8.62. The van der Waals surface area contributed by atoms with Crippen LogP contribution in [-0.4, -0.2) is 62.8 Å². The van der Waals surface area contributed by atoms with E-state index in [1.807, 2.05) is 23.9 Å². The molecule has 1 aromatic heterocycles. The van der Waals surface area contributed by atoms with Gasteiger partial charge in [0.15, 0.2) is 5.78 Å². The molecule has 0 unspecified atom stereocenters. The summed E-state index contributed by atoms with van der Waals surface area (Å²) >= 11 is 0. The smallest absolute Gasteiger partial charge is 0.309 e. The quantitative estimate of drug-likeness (QED) is 0.826. The SMILES string of the molecule is CC(=O)c1cc(CN2CCC3(CC2)[C@H](C(=O)O)CC(=O)N3C)n(C)c1. The van der Waals surface area contributed by atoms with Gasteiger partial charge in [0.05, 0.1) is 11.5 Å². The number of rotatable bonds is 4. The first kappa shape index (κ1) is 17.7. The van der Waals surface area contributed by atoms with Crippen LogP contribution in [0.4, 0.5) is 0 Å². The van der Waals surface area contributed by atoms with E-state index in [4.69, 9.17) is 0 Å². The summed E-state index contributed by atoms with van der Waals surface area (Å²) in [4.78, 5) is 39.1. The van der Waals surface area contributed by atoms with Crippen LogP contribution in [0.5, 0.6) is 0 Å². The summed E-state index contributed by atoms with van der Waals surface area (Å²) in [5.74, 6) is -1.52. The molecule has 0 aliphatic carbocycles. The van der Waals surface area contributed by atoms with Crippen LogP contribution in [0.2, 0.25) is 0 Å². The maximum absolute atomic E-state index is 12.1. The fraction of sp³-hybridized carbons (Fsp3) is 0.611. The average Bonchev–Trinajstić information content (AvgIpc) is 3.04. The highest BCUT2D eigenvalue weighted by molar-refractivity contribution is 5.94. The van der Waals surface area contributed by atoms with Gasteiger partial charge in [-0.05, 0) is 25.8 Å². The molecule has 0 radical (unpaired) electrons. The van der Waals surface area contributed by atoms with E-state index in [1.54, 1.807) is 18.9 Å². The number of carbonyl (C=O) groups is 3. The molecule has 136 valence electrons. The summed E-state index contributed by atoms with van der Waals surface area (Å²) in [6, 6.07) is 1.91. The molecule has 7 nitrogen and oxygen atoms in total. The number of carboxylic acid groups (broad SMARTS) is 1. The van der Waals surface area contributed by atoms with Crippen molar-refractivity contribution in [3.8, 4) is 0 Å². The van der Waals surface area contributed by atoms with Crippen LogP contribution >= 0.6 is 0 Å². The number of ketones is 1. The van der Waals surface area contributed by atoms with E-state index in [0.717, 1.165) is 25.3 Å². The first-order chi connectivity index (χ1) is 11.7. The summed E-state index contributed by atoms with van der Waals surface area (Å²) in [5.41, 5.74) is 1.21. The Morgan fingerprint density at radius 3 is 2.44 bits per heavy atom. The highest BCUT2D eigenvalue weighted by atomic mass is 16.4. The summed E-state index contributed by atoms with van der Waals surface area (Å²) in [6.07, 6.45) is 3.27. The fourth-order valence-electron chi connectivity index (χ4n) is 4.27. The second-order valence-corrected chi connectivity index (χ2v) is 7.31. The predicted molar refractivity (Wildman–Crippen MR) is 91.2 cm³/mol. The van der Waals surface area contributed by atoms with Gasteiger partial charge in [-0.1, -0.05) is 0 Å². The number of aryl methyl sites for hydroxylation is 1. The number of likely N-dealkylation sites (tertiary alicyclic amines) is 2. The van der Waals surface area contributed by atoms with E-state index in [9.17, 15) is 19.5 Å². The number of hydrogen-bond acceptors (Lipinski definition) is 4. The standard InChI is InChI=1S/C18H25N3O4/c1-12(22)13-8-14(19(2)10-13)11-21-6-4-18(5-7-21)15(17(24)25)9-16(23)20(18)3/h8,10,15H,4-7,9,11H2,1-3H3,(H,24,25)/t15-/m0/s1. The monoisotopic (exact) mass is 347 g/mol. The average molecular weight is 347 g/mol. The van der Waals surface area contributed by atoms with Gasteiger partial charge in [-0.25, -0.2) is 0 Å². The van der Waals surface area contributed by atoms with Crippen molar-refractivity contribution in [1.82, 2.24) is 14.4 Å². The maximum atomic E-state index is 12.1. The van der Waals surface area contributed by atoms with E-state index in [2.05, 4.69) is 4.90 Å². The number of carboxylic acids is 1. The molecule has 0 bridgehead atoms. The summed E-state index contributed by atoms with van der Waals surface area (Å²) < 4.78 is 1.96. The van der Waals surface area contributed by atoms with Crippen LogP contribution in [0, 0.1) is 5.92 Å². The lowest BCUT2D eigenvalue weighted by Gasteiger charge is -2.45. The number of piperidine rings is 1. The minimum absolute atomic E-state index is 0.0508. The molecule has 2 fully saturated rings. The molecule has 3 rings (SSSR count). The van der Waals surface area contributed by atoms with Gasteiger partial charge >= 0.3 is 5.97 Å². The third-order valence-corrected chi connectivity index (χ3v) is 5.99. The number of amides is 1. The molecule has 3 heterocycles. The lowest BCUT2D eigenvalue weighted by molar-refractivity contribution is -0.146. The van der Waals surface area contributed by atoms with Crippen molar-refractivity contribution in [2.45, 2.75) is 38.3 Å².